The predicted octanol–water partition coefficient (Wildman–Crippen LogP) is 3.18. The lowest BCUT2D eigenvalue weighted by Gasteiger charge is -2.33. The van der Waals surface area contributed by atoms with E-state index in [1.807, 2.05) is 41.5 Å². The van der Waals surface area contributed by atoms with Crippen LogP contribution in [0, 0.1) is 6.92 Å². The Bertz CT molecular complexity index is 669. The Morgan fingerprint density at radius 2 is 2.17 bits per heavy atom. The molecule has 5 nitrogen and oxygen atoms in total. The third-order valence-electron chi connectivity index (χ3n) is 4.01. The van der Waals surface area contributed by atoms with Gasteiger partial charge in [0.25, 0.3) is 5.91 Å². The third kappa shape index (κ3) is 3.82. The summed E-state index contributed by atoms with van der Waals surface area (Å²) in [7, 11) is 1.66. The second kappa shape index (κ2) is 7.00. The second-order valence-electron chi connectivity index (χ2n) is 5.71. The number of likely N-dealkylation sites (tertiary alicyclic amines) is 1. The zero-order valence-electron chi connectivity index (χ0n) is 13.4. The van der Waals surface area contributed by atoms with Crippen molar-refractivity contribution >= 4 is 22.9 Å². The van der Waals surface area contributed by atoms with E-state index < -0.39 is 0 Å². The molecule has 1 fully saturated rings. The Morgan fingerprint density at radius 3 is 2.83 bits per heavy atom. The number of nitrogens with zero attached hydrogens (tertiary/aromatic N) is 2. The number of carbonyl (C=O) groups is 1. The molecule has 0 radical (unpaired) electrons. The minimum absolute atomic E-state index is 0.0376. The molecule has 1 unspecified atom stereocenters. The Balaban J connectivity index is 1.62. The molecule has 2 aromatic rings. The number of ether oxygens (including phenoxy) is 1. The molecule has 122 valence electrons. The molecule has 1 aromatic heterocycles. The molecule has 0 saturated carbocycles. The summed E-state index contributed by atoms with van der Waals surface area (Å²) in [5.74, 6) is 0.880. The van der Waals surface area contributed by atoms with Crippen LogP contribution in [-0.2, 0) is 0 Å². The summed E-state index contributed by atoms with van der Waals surface area (Å²) < 4.78 is 5.17. The van der Waals surface area contributed by atoms with E-state index in [2.05, 4.69) is 10.3 Å². The molecule has 1 aromatic carbocycles. The number of benzene rings is 1. The number of aryl methyl sites for hydroxylation is 1. The topological polar surface area (TPSA) is 54.5 Å². The summed E-state index contributed by atoms with van der Waals surface area (Å²) in [4.78, 5) is 18.7. The van der Waals surface area contributed by atoms with Gasteiger partial charge in [-0.05, 0) is 44.0 Å². The summed E-state index contributed by atoms with van der Waals surface area (Å²) in [5.41, 5.74) is 1.62. The predicted molar refractivity (Wildman–Crippen MR) is 92.4 cm³/mol. The molecule has 1 atom stereocenters. The van der Waals surface area contributed by atoms with E-state index in [0.717, 1.165) is 35.8 Å². The maximum absolute atomic E-state index is 12.5. The molecule has 2 heterocycles. The highest BCUT2D eigenvalue weighted by atomic mass is 32.1. The third-order valence-corrected chi connectivity index (χ3v) is 4.78. The van der Waals surface area contributed by atoms with Crippen molar-refractivity contribution in [2.45, 2.75) is 25.8 Å². The number of nitrogens with one attached hydrogen (secondary N) is 1. The molecule has 3 rings (SSSR count). The van der Waals surface area contributed by atoms with Crippen LogP contribution < -0.4 is 10.1 Å². The number of thiazole rings is 1. The van der Waals surface area contributed by atoms with Crippen molar-refractivity contribution in [3.63, 3.8) is 0 Å². The standard InChI is InChI=1S/C17H21N3O2S/c1-12-18-16(11-23-12)17(21)20-9-3-4-14(10-20)19-13-5-7-15(22-2)8-6-13/h5-8,11,14,19H,3-4,9-10H2,1-2H3. The number of hydrogen-bond donors (Lipinski definition) is 1. The van der Waals surface area contributed by atoms with Gasteiger partial charge >= 0.3 is 0 Å². The van der Waals surface area contributed by atoms with Crippen LogP contribution in [0.15, 0.2) is 29.6 Å². The van der Waals surface area contributed by atoms with E-state index in [1.165, 1.54) is 11.3 Å². The number of carbonyl (C=O) groups excluding carboxylic acids is 1. The number of aromatic nitrogens is 1. The van der Waals surface area contributed by atoms with Gasteiger partial charge in [0, 0.05) is 30.2 Å². The average Bonchev–Trinajstić information content (AvgIpc) is 3.01. The zero-order chi connectivity index (χ0) is 16.2. The molecule has 1 saturated heterocycles. The first-order chi connectivity index (χ1) is 11.2. The van der Waals surface area contributed by atoms with Crippen LogP contribution in [0.5, 0.6) is 5.75 Å². The number of anilines is 1. The van der Waals surface area contributed by atoms with Gasteiger partial charge in [0.05, 0.1) is 12.1 Å². The largest absolute Gasteiger partial charge is 0.497 e. The maximum atomic E-state index is 12.5. The van der Waals surface area contributed by atoms with Gasteiger partial charge in [0.15, 0.2) is 0 Å². The average molecular weight is 331 g/mol. The Hall–Kier alpha value is -2.08. The van der Waals surface area contributed by atoms with Gasteiger partial charge in [-0.15, -0.1) is 11.3 Å². The van der Waals surface area contributed by atoms with E-state index in [9.17, 15) is 4.79 Å². The normalized spacial score (nSPS) is 17.8. The van der Waals surface area contributed by atoms with Crippen molar-refractivity contribution in [1.82, 2.24) is 9.88 Å². The summed E-state index contributed by atoms with van der Waals surface area (Å²) >= 11 is 1.52. The van der Waals surface area contributed by atoms with Crippen molar-refractivity contribution < 1.29 is 9.53 Å². The lowest BCUT2D eigenvalue weighted by atomic mass is 10.0. The first-order valence-electron chi connectivity index (χ1n) is 7.77. The van der Waals surface area contributed by atoms with Crippen LogP contribution in [0.25, 0.3) is 0 Å². The Morgan fingerprint density at radius 1 is 1.39 bits per heavy atom. The minimum atomic E-state index is 0.0376. The number of amides is 1. The molecule has 0 spiro atoms. The van der Waals surface area contributed by atoms with E-state index in [1.54, 1.807) is 7.11 Å². The highest BCUT2D eigenvalue weighted by Gasteiger charge is 2.25. The van der Waals surface area contributed by atoms with E-state index in [4.69, 9.17) is 4.74 Å². The van der Waals surface area contributed by atoms with Crippen LogP contribution >= 0.6 is 11.3 Å². The molecule has 1 aliphatic heterocycles. The van der Waals surface area contributed by atoms with E-state index in [-0.39, 0.29) is 11.9 Å². The van der Waals surface area contributed by atoms with Gasteiger partial charge in [-0.1, -0.05) is 0 Å². The number of piperidine rings is 1. The molecule has 23 heavy (non-hydrogen) atoms. The fraction of sp³-hybridized carbons (Fsp3) is 0.412. The molecule has 1 aliphatic rings. The second-order valence-corrected chi connectivity index (χ2v) is 6.78. The summed E-state index contributed by atoms with van der Waals surface area (Å²) in [6.45, 7) is 3.43. The Labute approximate surface area is 140 Å². The SMILES string of the molecule is COc1ccc(NC2CCCN(C(=O)c3csc(C)n3)C2)cc1. The highest BCUT2D eigenvalue weighted by Crippen LogP contribution is 2.20. The van der Waals surface area contributed by atoms with Gasteiger partial charge in [-0.2, -0.15) is 0 Å². The lowest BCUT2D eigenvalue weighted by molar-refractivity contribution is 0.0709. The molecule has 0 bridgehead atoms. The monoisotopic (exact) mass is 331 g/mol. The van der Waals surface area contributed by atoms with Crippen molar-refractivity contribution in [3.8, 4) is 5.75 Å². The van der Waals surface area contributed by atoms with Gasteiger partial charge in [0.2, 0.25) is 0 Å². The van der Waals surface area contributed by atoms with Crippen molar-refractivity contribution in [2.24, 2.45) is 0 Å². The van der Waals surface area contributed by atoms with Crippen LogP contribution in [0.3, 0.4) is 0 Å². The van der Waals surface area contributed by atoms with Crippen molar-refractivity contribution in [2.75, 3.05) is 25.5 Å². The fourth-order valence-corrected chi connectivity index (χ4v) is 3.41. The summed E-state index contributed by atoms with van der Waals surface area (Å²) in [5, 5.41) is 6.28. The summed E-state index contributed by atoms with van der Waals surface area (Å²) in [6.07, 6.45) is 2.06. The van der Waals surface area contributed by atoms with Crippen molar-refractivity contribution in [1.29, 1.82) is 0 Å². The van der Waals surface area contributed by atoms with E-state index in [0.29, 0.717) is 12.2 Å². The Kier molecular flexibility index (Phi) is 4.81. The first kappa shape index (κ1) is 15.8. The molecule has 0 aliphatic carbocycles. The quantitative estimate of drug-likeness (QED) is 0.935. The van der Waals surface area contributed by atoms with Crippen LogP contribution in [0.2, 0.25) is 0 Å². The van der Waals surface area contributed by atoms with Gasteiger partial charge < -0.3 is 15.0 Å². The van der Waals surface area contributed by atoms with Crippen LogP contribution in [0.4, 0.5) is 5.69 Å². The number of hydrogen-bond acceptors (Lipinski definition) is 5. The molecule has 1 N–H and O–H groups in total. The molecule has 6 heteroatoms. The molecular weight excluding hydrogens is 310 g/mol. The maximum Gasteiger partial charge on any atom is 0.273 e. The van der Waals surface area contributed by atoms with Crippen molar-refractivity contribution in [3.05, 3.63) is 40.3 Å². The molecule has 1 amide bonds. The first-order valence-corrected chi connectivity index (χ1v) is 8.65. The number of methoxy groups -OCH3 is 1. The smallest absolute Gasteiger partial charge is 0.273 e. The lowest BCUT2D eigenvalue weighted by Crippen LogP contribution is -2.45. The molecular formula is C17H21N3O2S. The zero-order valence-corrected chi connectivity index (χ0v) is 14.2. The minimum Gasteiger partial charge on any atom is -0.497 e. The summed E-state index contributed by atoms with van der Waals surface area (Å²) in [6, 6.07) is 8.14. The van der Waals surface area contributed by atoms with Crippen LogP contribution in [-0.4, -0.2) is 42.0 Å². The number of rotatable bonds is 4. The van der Waals surface area contributed by atoms with E-state index >= 15 is 0 Å². The fourth-order valence-electron chi connectivity index (χ4n) is 2.83. The van der Waals surface area contributed by atoms with Gasteiger partial charge in [0.1, 0.15) is 11.4 Å². The van der Waals surface area contributed by atoms with Gasteiger partial charge in [-0.3, -0.25) is 4.79 Å². The van der Waals surface area contributed by atoms with Crippen LogP contribution in [0.1, 0.15) is 28.3 Å². The highest BCUT2D eigenvalue weighted by molar-refractivity contribution is 7.09. The van der Waals surface area contributed by atoms with Gasteiger partial charge in [-0.25, -0.2) is 4.98 Å².